The first kappa shape index (κ1) is 31.4. The molecule has 0 saturated carbocycles. The van der Waals surface area contributed by atoms with E-state index in [1.165, 1.54) is 67.7 Å². The lowest BCUT2D eigenvalue weighted by molar-refractivity contribution is -0.242. The average Bonchev–Trinajstić information content (AvgIpc) is 3.16. The van der Waals surface area contributed by atoms with Crippen LogP contribution in [-0.4, -0.2) is 59.5 Å². The molecule has 42 heavy (non-hydrogen) atoms. The molecule has 4 rings (SSSR count). The number of halogens is 5. The van der Waals surface area contributed by atoms with Crippen molar-refractivity contribution in [3.05, 3.63) is 81.4 Å². The molecule has 228 valence electrons. The van der Waals surface area contributed by atoms with Gasteiger partial charge in [-0.15, -0.1) is 0 Å². The molecule has 2 heterocycles. The Morgan fingerprint density at radius 2 is 1.48 bits per heavy atom. The van der Waals surface area contributed by atoms with E-state index in [1.807, 2.05) is 0 Å². The summed E-state index contributed by atoms with van der Waals surface area (Å²) in [6, 6.07) is 11.3. The number of aliphatic hydroxyl groups is 1. The standard InChI is InChI=1S/C24H22F5N2O9PS/c1-35-13-3-7-15(8-4-13)39-41(42,40-16-9-5-14(36-2)6-10-16)37-12-23(21(26)27)24(28,29)18(32)20(38-23)31-11-17(25)19(33)30-22(31)34/h3-11,18,20-21,32H,12H2,1-2H3,(H,30,33,34)/t18?,20-,23+/m0/s1. The maximum atomic E-state index is 15.4. The van der Waals surface area contributed by atoms with Crippen molar-refractivity contribution in [3.63, 3.8) is 0 Å². The molecule has 3 aromatic rings. The lowest BCUT2D eigenvalue weighted by Gasteiger charge is -2.34. The van der Waals surface area contributed by atoms with E-state index in [0.29, 0.717) is 11.5 Å². The summed E-state index contributed by atoms with van der Waals surface area (Å²) in [7, 11) is 2.80. The van der Waals surface area contributed by atoms with Crippen molar-refractivity contribution >= 4 is 18.5 Å². The minimum absolute atomic E-state index is 0.00831. The molecule has 1 aromatic heterocycles. The zero-order chi connectivity index (χ0) is 30.9. The van der Waals surface area contributed by atoms with Crippen LogP contribution in [0.5, 0.6) is 23.0 Å². The Morgan fingerprint density at radius 3 is 1.93 bits per heavy atom. The molecule has 0 aliphatic carbocycles. The summed E-state index contributed by atoms with van der Waals surface area (Å²) in [5.41, 5.74) is -6.96. The Hall–Kier alpha value is -3.50. The number of methoxy groups -OCH3 is 2. The maximum Gasteiger partial charge on any atom is 0.435 e. The van der Waals surface area contributed by atoms with Gasteiger partial charge < -0.3 is 28.4 Å². The van der Waals surface area contributed by atoms with Crippen LogP contribution in [0.4, 0.5) is 22.0 Å². The molecule has 0 amide bonds. The normalized spacial score (nSPS) is 21.7. The molecule has 0 spiro atoms. The van der Waals surface area contributed by atoms with E-state index in [1.54, 1.807) is 0 Å². The fraction of sp³-hybridized carbons (Fsp3) is 0.333. The number of rotatable bonds is 11. The molecule has 1 saturated heterocycles. The zero-order valence-corrected chi connectivity index (χ0v) is 23.3. The first-order valence-electron chi connectivity index (χ1n) is 11.7. The highest BCUT2D eigenvalue weighted by atomic mass is 32.5. The SMILES string of the molecule is COc1ccc(OP(=S)(OC[C@]2(C(F)F)O[C@H](n3cc(F)c(=O)[nH]c3=O)C(O)C2(F)F)Oc2ccc(OC)cc2)cc1. The average molecular weight is 640 g/mol. The Labute approximate surface area is 238 Å². The number of ether oxygens (including phenoxy) is 3. The highest BCUT2D eigenvalue weighted by molar-refractivity contribution is 8.07. The topological polar surface area (TPSA) is 130 Å². The van der Waals surface area contributed by atoms with Gasteiger partial charge in [-0.25, -0.2) is 13.6 Å². The van der Waals surface area contributed by atoms with Gasteiger partial charge in [0.05, 0.1) is 27.0 Å². The molecule has 0 radical (unpaired) electrons. The van der Waals surface area contributed by atoms with Crippen molar-refractivity contribution in [3.8, 4) is 23.0 Å². The minimum Gasteiger partial charge on any atom is -0.497 e. The lowest BCUT2D eigenvalue weighted by atomic mass is 9.95. The van der Waals surface area contributed by atoms with E-state index in [9.17, 15) is 27.9 Å². The molecule has 11 nitrogen and oxygen atoms in total. The van der Waals surface area contributed by atoms with Crippen molar-refractivity contribution in [1.82, 2.24) is 9.55 Å². The third-order valence-corrected chi connectivity index (χ3v) is 8.16. The number of aliphatic hydroxyl groups excluding tert-OH is 1. The third-order valence-electron chi connectivity index (χ3n) is 6.08. The molecule has 0 bridgehead atoms. The van der Waals surface area contributed by atoms with E-state index < -0.39 is 60.7 Å². The molecule has 2 aromatic carbocycles. The van der Waals surface area contributed by atoms with Crippen molar-refractivity contribution < 1.29 is 54.8 Å². The summed E-state index contributed by atoms with van der Waals surface area (Å²) < 4.78 is 105. The van der Waals surface area contributed by atoms with Gasteiger partial charge in [-0.1, -0.05) is 0 Å². The number of alkyl halides is 4. The van der Waals surface area contributed by atoms with E-state index in [-0.39, 0.29) is 22.3 Å². The number of nitrogens with zero attached hydrogens (tertiary/aromatic N) is 1. The molecule has 2 N–H and O–H groups in total. The Balaban J connectivity index is 1.69. The molecule has 1 aliphatic rings. The van der Waals surface area contributed by atoms with Gasteiger partial charge in [-0.2, -0.15) is 13.2 Å². The Kier molecular flexibility index (Phi) is 8.99. The van der Waals surface area contributed by atoms with Crippen LogP contribution in [0.2, 0.25) is 0 Å². The summed E-state index contributed by atoms with van der Waals surface area (Å²) in [6.07, 6.45) is -9.63. The number of nitrogens with one attached hydrogen (secondary N) is 1. The van der Waals surface area contributed by atoms with Crippen molar-refractivity contribution in [2.24, 2.45) is 0 Å². The first-order chi connectivity index (χ1) is 19.7. The maximum absolute atomic E-state index is 15.4. The summed E-state index contributed by atoms with van der Waals surface area (Å²) in [5.74, 6) is -5.64. The van der Waals surface area contributed by atoms with Gasteiger partial charge in [-0.3, -0.25) is 18.9 Å². The van der Waals surface area contributed by atoms with Gasteiger partial charge in [-0.05, 0) is 48.5 Å². The molecule has 3 atom stereocenters. The Bertz CT molecular complexity index is 1520. The molecule has 18 heteroatoms. The fourth-order valence-corrected chi connectivity index (χ4v) is 5.74. The second-order valence-electron chi connectivity index (χ2n) is 8.66. The number of H-pyrrole nitrogens is 1. The van der Waals surface area contributed by atoms with Crippen LogP contribution >= 0.6 is 6.72 Å². The predicted octanol–water partition coefficient (Wildman–Crippen LogP) is 3.62. The zero-order valence-electron chi connectivity index (χ0n) is 21.5. The van der Waals surface area contributed by atoms with Gasteiger partial charge in [0.2, 0.25) is 11.4 Å². The fourth-order valence-electron chi connectivity index (χ4n) is 3.81. The highest BCUT2D eigenvalue weighted by Crippen LogP contribution is 2.56. The van der Waals surface area contributed by atoms with Crippen molar-refractivity contribution in [1.29, 1.82) is 0 Å². The molecular weight excluding hydrogens is 618 g/mol. The summed E-state index contributed by atoms with van der Waals surface area (Å²) in [4.78, 5) is 25.0. The monoisotopic (exact) mass is 640 g/mol. The van der Waals surface area contributed by atoms with E-state index in [2.05, 4.69) is 0 Å². The van der Waals surface area contributed by atoms with Gasteiger partial charge >= 0.3 is 18.3 Å². The van der Waals surface area contributed by atoms with Crippen LogP contribution < -0.4 is 29.8 Å². The van der Waals surface area contributed by atoms with Crippen LogP contribution in [0.3, 0.4) is 0 Å². The largest absolute Gasteiger partial charge is 0.497 e. The van der Waals surface area contributed by atoms with Crippen molar-refractivity contribution in [2.45, 2.75) is 30.3 Å². The second kappa shape index (κ2) is 12.0. The van der Waals surface area contributed by atoms with Crippen LogP contribution in [0.25, 0.3) is 0 Å². The van der Waals surface area contributed by atoms with Crippen molar-refractivity contribution in [2.75, 3.05) is 20.8 Å². The lowest BCUT2D eigenvalue weighted by Crippen LogP contribution is -2.57. The van der Waals surface area contributed by atoms with Gasteiger partial charge in [0.25, 0.3) is 12.0 Å². The molecule has 1 unspecified atom stereocenters. The number of hydrogen-bond acceptors (Lipinski definition) is 10. The molecule has 1 aliphatic heterocycles. The Morgan fingerprint density at radius 1 is 1.00 bits per heavy atom. The number of aromatic amines is 1. The quantitative estimate of drug-likeness (QED) is 0.237. The first-order valence-corrected chi connectivity index (χ1v) is 14.3. The smallest absolute Gasteiger partial charge is 0.435 e. The third kappa shape index (κ3) is 6.01. The number of benzene rings is 2. The van der Waals surface area contributed by atoms with Crippen LogP contribution in [0.15, 0.2) is 64.3 Å². The molecule has 1 fully saturated rings. The van der Waals surface area contributed by atoms with E-state index in [0.717, 1.165) is 0 Å². The highest BCUT2D eigenvalue weighted by Gasteiger charge is 2.74. The van der Waals surface area contributed by atoms with E-state index in [4.69, 9.17) is 39.6 Å². The van der Waals surface area contributed by atoms with E-state index >= 15 is 8.78 Å². The second-order valence-corrected chi connectivity index (χ2v) is 11.5. The number of aromatic nitrogens is 2. The summed E-state index contributed by atoms with van der Waals surface area (Å²) >= 11 is 5.37. The summed E-state index contributed by atoms with van der Waals surface area (Å²) in [6.45, 7) is -6.02. The van der Waals surface area contributed by atoms with Crippen LogP contribution in [0, 0.1) is 5.82 Å². The predicted molar refractivity (Wildman–Crippen MR) is 139 cm³/mol. The van der Waals surface area contributed by atoms with Gasteiger partial charge in [0, 0.05) is 11.8 Å². The molecular formula is C24H22F5N2O9PS. The summed E-state index contributed by atoms with van der Waals surface area (Å²) in [5, 5.41) is 10.3. The van der Waals surface area contributed by atoms with Gasteiger partial charge in [0.15, 0.2) is 12.3 Å². The van der Waals surface area contributed by atoms with Gasteiger partial charge in [0.1, 0.15) is 23.0 Å². The van der Waals surface area contributed by atoms with Crippen LogP contribution in [-0.2, 0) is 21.1 Å². The minimum atomic E-state index is -4.82. The van der Waals surface area contributed by atoms with Crippen LogP contribution in [0.1, 0.15) is 6.23 Å². The number of hydrogen-bond donors (Lipinski definition) is 2.